The molecule has 0 aromatic heterocycles. The Morgan fingerprint density at radius 1 is 1.09 bits per heavy atom. The SMILES string of the molecule is CCCNC(=O)[C@H](C)N(Cc1c(Cl)cccc1Cl)C(=O)CN(c1ccccc1OC)S(C)(=O)=O. The Kier molecular flexibility index (Phi) is 10.0. The molecule has 2 amide bonds. The van der Waals surface area contributed by atoms with E-state index in [9.17, 15) is 18.0 Å². The minimum Gasteiger partial charge on any atom is -0.495 e. The van der Waals surface area contributed by atoms with Gasteiger partial charge in [0.25, 0.3) is 0 Å². The first kappa shape index (κ1) is 27.8. The number of benzene rings is 2. The monoisotopic (exact) mass is 529 g/mol. The van der Waals surface area contributed by atoms with Crippen molar-refractivity contribution >= 4 is 50.7 Å². The fourth-order valence-electron chi connectivity index (χ4n) is 3.26. The molecule has 0 aliphatic rings. The summed E-state index contributed by atoms with van der Waals surface area (Å²) < 4.78 is 31.5. The standard InChI is InChI=1S/C23H29Cl2N3O5S/c1-5-13-26-23(30)16(2)27(14-17-18(24)9-8-10-19(17)25)22(29)15-28(34(4,31)32)20-11-6-7-12-21(20)33-3/h6-12,16H,5,13-15H2,1-4H3,(H,26,30)/t16-/m0/s1. The van der Waals surface area contributed by atoms with Crippen LogP contribution in [0.4, 0.5) is 5.69 Å². The van der Waals surface area contributed by atoms with Gasteiger partial charge in [-0.1, -0.05) is 48.3 Å². The quantitative estimate of drug-likeness (QED) is 0.478. The molecule has 0 saturated heterocycles. The number of sulfonamides is 1. The molecule has 2 rings (SSSR count). The molecular weight excluding hydrogens is 501 g/mol. The first-order chi connectivity index (χ1) is 16.0. The zero-order valence-electron chi connectivity index (χ0n) is 19.5. The molecule has 34 heavy (non-hydrogen) atoms. The van der Waals surface area contributed by atoms with Gasteiger partial charge in [-0.2, -0.15) is 0 Å². The van der Waals surface area contributed by atoms with Crippen LogP contribution >= 0.6 is 23.2 Å². The zero-order valence-corrected chi connectivity index (χ0v) is 21.9. The van der Waals surface area contributed by atoms with E-state index in [1.807, 2.05) is 6.92 Å². The summed E-state index contributed by atoms with van der Waals surface area (Å²) in [5, 5.41) is 3.42. The Bertz CT molecular complexity index is 1110. The lowest BCUT2D eigenvalue weighted by molar-refractivity contribution is -0.139. The van der Waals surface area contributed by atoms with Gasteiger partial charge < -0.3 is 15.0 Å². The summed E-state index contributed by atoms with van der Waals surface area (Å²) >= 11 is 12.6. The molecule has 0 aliphatic heterocycles. The predicted octanol–water partition coefficient (Wildman–Crippen LogP) is 3.71. The molecule has 186 valence electrons. The maximum Gasteiger partial charge on any atom is 0.244 e. The second-order valence-corrected chi connectivity index (χ2v) is 10.4. The van der Waals surface area contributed by atoms with Crippen molar-refractivity contribution in [2.24, 2.45) is 0 Å². The highest BCUT2D eigenvalue weighted by atomic mass is 35.5. The van der Waals surface area contributed by atoms with Crippen LogP contribution in [-0.2, 0) is 26.2 Å². The lowest BCUT2D eigenvalue weighted by Crippen LogP contribution is -2.51. The number of carbonyl (C=O) groups excluding carboxylic acids is 2. The van der Waals surface area contributed by atoms with Crippen LogP contribution in [0.5, 0.6) is 5.75 Å². The van der Waals surface area contributed by atoms with Crippen molar-refractivity contribution in [2.45, 2.75) is 32.9 Å². The first-order valence-electron chi connectivity index (χ1n) is 10.6. The van der Waals surface area contributed by atoms with Crippen molar-refractivity contribution < 1.29 is 22.7 Å². The van der Waals surface area contributed by atoms with Gasteiger partial charge in [-0.15, -0.1) is 0 Å². The molecule has 0 heterocycles. The Morgan fingerprint density at radius 3 is 2.26 bits per heavy atom. The third-order valence-electron chi connectivity index (χ3n) is 5.14. The fourth-order valence-corrected chi connectivity index (χ4v) is 4.63. The third kappa shape index (κ3) is 7.01. The number of para-hydroxylation sites is 2. The lowest BCUT2D eigenvalue weighted by Gasteiger charge is -2.32. The molecule has 1 atom stereocenters. The van der Waals surface area contributed by atoms with Crippen molar-refractivity contribution in [3.8, 4) is 5.75 Å². The highest BCUT2D eigenvalue weighted by Crippen LogP contribution is 2.30. The van der Waals surface area contributed by atoms with Gasteiger partial charge in [0.2, 0.25) is 21.8 Å². The van der Waals surface area contributed by atoms with Crippen molar-refractivity contribution in [3.05, 3.63) is 58.1 Å². The molecule has 0 fully saturated rings. The third-order valence-corrected chi connectivity index (χ3v) is 6.97. The van der Waals surface area contributed by atoms with Crippen molar-refractivity contribution in [1.29, 1.82) is 0 Å². The van der Waals surface area contributed by atoms with Crippen LogP contribution in [0.25, 0.3) is 0 Å². The van der Waals surface area contributed by atoms with Crippen LogP contribution in [0.1, 0.15) is 25.8 Å². The van der Waals surface area contributed by atoms with Crippen LogP contribution in [-0.4, -0.2) is 57.6 Å². The van der Waals surface area contributed by atoms with E-state index in [4.69, 9.17) is 27.9 Å². The van der Waals surface area contributed by atoms with Gasteiger partial charge in [0.1, 0.15) is 18.3 Å². The molecule has 0 bridgehead atoms. The van der Waals surface area contributed by atoms with Gasteiger partial charge in [0, 0.05) is 28.7 Å². The molecule has 1 N–H and O–H groups in total. The number of amides is 2. The van der Waals surface area contributed by atoms with Gasteiger partial charge in [0.05, 0.1) is 19.1 Å². The van der Waals surface area contributed by atoms with Crippen LogP contribution in [0.3, 0.4) is 0 Å². The summed E-state index contributed by atoms with van der Waals surface area (Å²) in [4.78, 5) is 27.5. The summed E-state index contributed by atoms with van der Waals surface area (Å²) in [6.07, 6.45) is 1.72. The number of rotatable bonds is 11. The smallest absolute Gasteiger partial charge is 0.244 e. The van der Waals surface area contributed by atoms with Gasteiger partial charge >= 0.3 is 0 Å². The van der Waals surface area contributed by atoms with Gasteiger partial charge in [0.15, 0.2) is 0 Å². The van der Waals surface area contributed by atoms with E-state index < -0.39 is 28.5 Å². The van der Waals surface area contributed by atoms with Crippen molar-refractivity contribution in [2.75, 3.05) is 30.8 Å². The van der Waals surface area contributed by atoms with Crippen molar-refractivity contribution in [3.63, 3.8) is 0 Å². The summed E-state index contributed by atoms with van der Waals surface area (Å²) in [7, 11) is -2.47. The molecule has 2 aromatic carbocycles. The number of hydrogen-bond donors (Lipinski definition) is 1. The predicted molar refractivity (Wildman–Crippen MR) is 135 cm³/mol. The van der Waals surface area contributed by atoms with Crippen molar-refractivity contribution in [1.82, 2.24) is 10.2 Å². The molecule has 0 radical (unpaired) electrons. The second kappa shape index (κ2) is 12.3. The number of carbonyl (C=O) groups is 2. The number of hydrogen-bond acceptors (Lipinski definition) is 5. The first-order valence-corrected chi connectivity index (χ1v) is 13.2. The van der Waals surface area contributed by atoms with E-state index >= 15 is 0 Å². The normalized spacial score (nSPS) is 12.1. The number of anilines is 1. The van der Waals surface area contributed by atoms with Gasteiger partial charge in [-0.3, -0.25) is 13.9 Å². The fraction of sp³-hybridized carbons (Fsp3) is 0.391. The molecule has 2 aromatic rings. The lowest BCUT2D eigenvalue weighted by atomic mass is 10.1. The van der Waals surface area contributed by atoms with Crippen LogP contribution < -0.4 is 14.4 Å². The largest absolute Gasteiger partial charge is 0.495 e. The molecule has 0 spiro atoms. The Hall–Kier alpha value is -2.49. The number of ether oxygens (including phenoxy) is 1. The highest BCUT2D eigenvalue weighted by Gasteiger charge is 2.31. The highest BCUT2D eigenvalue weighted by molar-refractivity contribution is 7.92. The maximum absolute atomic E-state index is 13.5. The molecule has 0 aliphatic carbocycles. The summed E-state index contributed by atoms with van der Waals surface area (Å²) in [5.74, 6) is -0.691. The van der Waals surface area contributed by atoms with Gasteiger partial charge in [-0.25, -0.2) is 8.42 Å². The average molecular weight is 530 g/mol. The number of methoxy groups -OCH3 is 1. The number of nitrogens with one attached hydrogen (secondary N) is 1. The Labute approximate surface area is 210 Å². The van der Waals surface area contributed by atoms with E-state index in [-0.39, 0.29) is 23.9 Å². The molecule has 8 nitrogen and oxygen atoms in total. The summed E-state index contributed by atoms with van der Waals surface area (Å²) in [6, 6.07) is 10.5. The minimum absolute atomic E-state index is 0.0818. The molecule has 0 saturated carbocycles. The summed E-state index contributed by atoms with van der Waals surface area (Å²) in [6.45, 7) is 3.29. The average Bonchev–Trinajstić information content (AvgIpc) is 2.79. The Morgan fingerprint density at radius 2 is 1.71 bits per heavy atom. The van der Waals surface area contributed by atoms with Crippen LogP contribution in [0, 0.1) is 0 Å². The Balaban J connectivity index is 2.47. The number of nitrogens with zero attached hydrogens (tertiary/aromatic N) is 2. The molecular formula is C23H29Cl2N3O5S. The number of halogens is 2. The molecule has 11 heteroatoms. The zero-order chi connectivity index (χ0) is 25.5. The van der Waals surface area contributed by atoms with E-state index in [1.165, 1.54) is 12.0 Å². The van der Waals surface area contributed by atoms with Crippen LogP contribution in [0.15, 0.2) is 42.5 Å². The van der Waals surface area contributed by atoms with E-state index in [0.29, 0.717) is 22.2 Å². The maximum atomic E-state index is 13.5. The second-order valence-electron chi connectivity index (χ2n) is 7.63. The van der Waals surface area contributed by atoms with E-state index in [1.54, 1.807) is 49.4 Å². The minimum atomic E-state index is -3.88. The van der Waals surface area contributed by atoms with E-state index in [0.717, 1.165) is 17.0 Å². The van der Waals surface area contributed by atoms with Crippen LogP contribution in [0.2, 0.25) is 10.0 Å². The van der Waals surface area contributed by atoms with Gasteiger partial charge in [-0.05, 0) is 37.6 Å². The summed E-state index contributed by atoms with van der Waals surface area (Å²) in [5.41, 5.74) is 0.664. The molecule has 0 unspecified atom stereocenters. The van der Waals surface area contributed by atoms with E-state index in [2.05, 4.69) is 5.32 Å². The topological polar surface area (TPSA) is 96.0 Å².